The monoisotopic (exact) mass is 396 g/mol. The normalized spacial score (nSPS) is 11.7. The summed E-state index contributed by atoms with van der Waals surface area (Å²) in [6, 6.07) is 7.84. The zero-order valence-electron chi connectivity index (χ0n) is 13.6. The predicted octanol–water partition coefficient (Wildman–Crippen LogP) is 2.24. The van der Waals surface area contributed by atoms with E-state index in [0.717, 1.165) is 6.07 Å². The van der Waals surface area contributed by atoms with Gasteiger partial charge in [0.25, 0.3) is 15.7 Å². The molecule has 2 aromatic carbocycles. The zero-order chi connectivity index (χ0) is 19.2. The van der Waals surface area contributed by atoms with Crippen LogP contribution in [0.25, 0.3) is 11.0 Å². The summed E-state index contributed by atoms with van der Waals surface area (Å²) in [6.07, 6.45) is 0. The molecular formula is C15H13ClN4O5S. The quantitative estimate of drug-likeness (QED) is 0.536. The first kappa shape index (κ1) is 18.0. The topological polar surface area (TPSA) is 116 Å². The number of hydrogen-bond donors (Lipinski definition) is 1. The van der Waals surface area contributed by atoms with Crippen molar-refractivity contribution in [1.29, 1.82) is 0 Å². The Bertz CT molecular complexity index is 1210. The van der Waals surface area contributed by atoms with E-state index in [2.05, 4.69) is 4.72 Å². The second-order valence-electron chi connectivity index (χ2n) is 5.58. The molecule has 0 aliphatic rings. The smallest absolute Gasteiger partial charge is 0.295 e. The fourth-order valence-electron chi connectivity index (χ4n) is 2.58. The number of rotatable bonds is 4. The minimum atomic E-state index is -4.02. The lowest BCUT2D eigenvalue weighted by Gasteiger charge is -2.09. The van der Waals surface area contributed by atoms with Gasteiger partial charge in [0.05, 0.1) is 26.5 Å². The van der Waals surface area contributed by atoms with Crippen LogP contribution in [0.5, 0.6) is 0 Å². The van der Waals surface area contributed by atoms with Crippen LogP contribution in [0.4, 0.5) is 11.4 Å². The SMILES string of the molecule is Cn1c(=O)n(C)c2cc(S(=O)(=O)Nc3ccc(Cl)c([N+](=O)[O-])c3)ccc21. The number of aryl methyl sites for hydroxylation is 2. The van der Waals surface area contributed by atoms with Crippen molar-refractivity contribution in [3.8, 4) is 0 Å². The van der Waals surface area contributed by atoms with Crippen molar-refractivity contribution in [3.63, 3.8) is 0 Å². The van der Waals surface area contributed by atoms with Gasteiger partial charge in [-0.2, -0.15) is 0 Å². The molecule has 1 aromatic heterocycles. The molecule has 0 aliphatic heterocycles. The Kier molecular flexibility index (Phi) is 4.24. The largest absolute Gasteiger partial charge is 0.328 e. The molecule has 9 nitrogen and oxygen atoms in total. The van der Waals surface area contributed by atoms with E-state index in [9.17, 15) is 23.3 Å². The average molecular weight is 397 g/mol. The van der Waals surface area contributed by atoms with Crippen LogP contribution in [0.15, 0.2) is 46.1 Å². The molecule has 1 N–H and O–H groups in total. The first-order chi connectivity index (χ1) is 12.1. The van der Waals surface area contributed by atoms with Crippen molar-refractivity contribution >= 4 is 44.0 Å². The highest BCUT2D eigenvalue weighted by Gasteiger charge is 2.20. The summed E-state index contributed by atoms with van der Waals surface area (Å²) in [4.78, 5) is 22.1. The number of nitrogens with one attached hydrogen (secondary N) is 1. The predicted molar refractivity (Wildman–Crippen MR) is 97.1 cm³/mol. The number of imidazole rings is 1. The van der Waals surface area contributed by atoms with Gasteiger partial charge >= 0.3 is 5.69 Å². The second-order valence-corrected chi connectivity index (χ2v) is 7.67. The maximum atomic E-state index is 12.6. The number of hydrogen-bond acceptors (Lipinski definition) is 5. The highest BCUT2D eigenvalue weighted by molar-refractivity contribution is 7.92. The Hall–Kier alpha value is -2.85. The number of aromatic nitrogens is 2. The summed E-state index contributed by atoms with van der Waals surface area (Å²) in [5.74, 6) is 0. The van der Waals surface area contributed by atoms with Crippen molar-refractivity contribution < 1.29 is 13.3 Å². The number of fused-ring (bicyclic) bond motifs is 1. The van der Waals surface area contributed by atoms with Crippen molar-refractivity contribution in [2.45, 2.75) is 4.90 Å². The lowest BCUT2D eigenvalue weighted by Crippen LogP contribution is -2.19. The highest BCUT2D eigenvalue weighted by atomic mass is 35.5. The summed E-state index contributed by atoms with van der Waals surface area (Å²) >= 11 is 5.73. The molecule has 0 unspecified atom stereocenters. The maximum absolute atomic E-state index is 12.6. The fourth-order valence-corrected chi connectivity index (χ4v) is 3.84. The van der Waals surface area contributed by atoms with Crippen LogP contribution >= 0.6 is 11.6 Å². The standard InChI is InChI=1S/C15H13ClN4O5S/c1-18-12-6-4-10(8-14(12)19(2)15(18)21)26(24,25)17-9-3-5-11(16)13(7-9)20(22)23/h3-8,17H,1-2H3. The maximum Gasteiger partial charge on any atom is 0.328 e. The van der Waals surface area contributed by atoms with Crippen molar-refractivity contribution in [2.75, 3.05) is 4.72 Å². The summed E-state index contributed by atoms with van der Waals surface area (Å²) in [5.41, 5.74) is 0.341. The molecule has 1 heterocycles. The van der Waals surface area contributed by atoms with Gasteiger partial charge in [0.15, 0.2) is 0 Å². The third kappa shape index (κ3) is 2.93. The van der Waals surface area contributed by atoms with Crippen molar-refractivity contribution in [2.24, 2.45) is 14.1 Å². The molecule has 0 bridgehead atoms. The number of sulfonamides is 1. The van der Waals surface area contributed by atoms with Crippen LogP contribution in [0, 0.1) is 10.1 Å². The number of halogens is 1. The molecular weight excluding hydrogens is 384 g/mol. The van der Waals surface area contributed by atoms with E-state index in [1.165, 1.54) is 46.5 Å². The molecule has 3 aromatic rings. The van der Waals surface area contributed by atoms with E-state index in [4.69, 9.17) is 11.6 Å². The Morgan fingerprint density at radius 1 is 1.08 bits per heavy atom. The summed E-state index contributed by atoms with van der Waals surface area (Å²) in [7, 11) is -0.895. The molecule has 0 amide bonds. The Morgan fingerprint density at radius 3 is 2.38 bits per heavy atom. The molecule has 0 fully saturated rings. The van der Waals surface area contributed by atoms with Crippen LogP contribution in [-0.2, 0) is 24.1 Å². The van der Waals surface area contributed by atoms with Gasteiger partial charge < -0.3 is 0 Å². The Morgan fingerprint density at radius 2 is 1.73 bits per heavy atom. The van der Waals surface area contributed by atoms with Gasteiger partial charge in [-0.25, -0.2) is 13.2 Å². The van der Waals surface area contributed by atoms with Crippen LogP contribution in [0.3, 0.4) is 0 Å². The fraction of sp³-hybridized carbons (Fsp3) is 0.133. The van der Waals surface area contributed by atoms with Gasteiger partial charge in [-0.3, -0.25) is 24.0 Å². The first-order valence-corrected chi connectivity index (χ1v) is 9.10. The van der Waals surface area contributed by atoms with E-state index in [-0.39, 0.29) is 21.3 Å². The van der Waals surface area contributed by atoms with E-state index < -0.39 is 20.6 Å². The number of nitro benzene ring substituents is 1. The third-order valence-electron chi connectivity index (χ3n) is 3.95. The minimum Gasteiger partial charge on any atom is -0.295 e. The lowest BCUT2D eigenvalue weighted by molar-refractivity contribution is -0.384. The van der Waals surface area contributed by atoms with Gasteiger partial charge in [-0.05, 0) is 30.3 Å². The second kappa shape index (κ2) is 6.15. The molecule has 0 spiro atoms. The molecule has 26 heavy (non-hydrogen) atoms. The molecule has 0 saturated heterocycles. The van der Waals surface area contributed by atoms with E-state index >= 15 is 0 Å². The summed E-state index contributed by atoms with van der Waals surface area (Å²) in [6.45, 7) is 0. The number of nitro groups is 1. The van der Waals surface area contributed by atoms with E-state index in [1.54, 1.807) is 7.05 Å². The van der Waals surface area contributed by atoms with Crippen LogP contribution in [0.1, 0.15) is 0 Å². The average Bonchev–Trinajstić information content (AvgIpc) is 2.80. The summed E-state index contributed by atoms with van der Waals surface area (Å²) in [5, 5.41) is 10.8. The molecule has 0 aliphatic carbocycles. The molecule has 0 atom stereocenters. The van der Waals surface area contributed by atoms with Crippen molar-refractivity contribution in [3.05, 3.63) is 62.0 Å². The van der Waals surface area contributed by atoms with Crippen LogP contribution in [-0.4, -0.2) is 22.5 Å². The number of anilines is 1. The van der Waals surface area contributed by atoms with E-state index in [1.807, 2.05) is 0 Å². The molecule has 3 rings (SSSR count). The molecule has 11 heteroatoms. The van der Waals surface area contributed by atoms with Gasteiger partial charge in [-0.1, -0.05) is 11.6 Å². The van der Waals surface area contributed by atoms with Gasteiger partial charge in [0.2, 0.25) is 0 Å². The highest BCUT2D eigenvalue weighted by Crippen LogP contribution is 2.29. The molecule has 136 valence electrons. The number of benzene rings is 2. The third-order valence-corrected chi connectivity index (χ3v) is 5.65. The molecule has 0 radical (unpaired) electrons. The van der Waals surface area contributed by atoms with Gasteiger partial charge in [0, 0.05) is 20.2 Å². The minimum absolute atomic E-state index is 0.00291. The van der Waals surface area contributed by atoms with Crippen LogP contribution in [0.2, 0.25) is 5.02 Å². The van der Waals surface area contributed by atoms with Gasteiger partial charge in [-0.15, -0.1) is 0 Å². The van der Waals surface area contributed by atoms with Crippen LogP contribution < -0.4 is 10.4 Å². The first-order valence-electron chi connectivity index (χ1n) is 7.24. The van der Waals surface area contributed by atoms with Crippen molar-refractivity contribution in [1.82, 2.24) is 9.13 Å². The van der Waals surface area contributed by atoms with E-state index in [0.29, 0.717) is 11.0 Å². The Balaban J connectivity index is 2.05. The molecule has 0 saturated carbocycles. The lowest BCUT2D eigenvalue weighted by atomic mass is 10.3. The van der Waals surface area contributed by atoms with Gasteiger partial charge in [0.1, 0.15) is 5.02 Å². The zero-order valence-corrected chi connectivity index (χ0v) is 15.2. The number of nitrogens with zero attached hydrogens (tertiary/aromatic N) is 3. The Labute approximate surface area is 152 Å². The summed E-state index contributed by atoms with van der Waals surface area (Å²) < 4.78 is 30.2.